The fraction of sp³-hybridized carbons (Fsp3) is 0.250. The van der Waals surface area contributed by atoms with Crippen LogP contribution >= 0.6 is 11.6 Å². The lowest BCUT2D eigenvalue weighted by atomic mass is 10.1. The van der Waals surface area contributed by atoms with Gasteiger partial charge in [0, 0.05) is 23.2 Å². The van der Waals surface area contributed by atoms with Crippen LogP contribution in [0.1, 0.15) is 24.1 Å². The number of ether oxygens (including phenoxy) is 2. The topological polar surface area (TPSA) is 44.5 Å². The molecule has 0 aliphatic heterocycles. The van der Waals surface area contributed by atoms with Crippen LogP contribution in [0.3, 0.4) is 0 Å². The summed E-state index contributed by atoms with van der Waals surface area (Å²) in [6, 6.07) is 9.70. The molecule has 112 valence electrons. The Kier molecular flexibility index (Phi) is 5.04. The maximum Gasteiger partial charge on any atom is 0.131 e. The van der Waals surface area contributed by atoms with Gasteiger partial charge in [-0.1, -0.05) is 23.7 Å². The van der Waals surface area contributed by atoms with Gasteiger partial charge < -0.3 is 15.2 Å². The van der Waals surface area contributed by atoms with Crippen molar-refractivity contribution in [3.63, 3.8) is 0 Å². The Labute approximate surface area is 128 Å². The van der Waals surface area contributed by atoms with Crippen molar-refractivity contribution in [3.05, 3.63) is 58.4 Å². The van der Waals surface area contributed by atoms with Crippen LogP contribution in [0.15, 0.2) is 36.4 Å². The van der Waals surface area contributed by atoms with Crippen LogP contribution in [0.2, 0.25) is 5.02 Å². The standard InChI is InChI=1S/C16H17ClFNO2/c1-10(19)12-7-6-11(20-2)8-16(12)21-9-13-14(17)4-3-5-15(13)18/h3-8,10H,9,19H2,1-2H3/t10-/m0/s1. The number of benzene rings is 2. The largest absolute Gasteiger partial charge is 0.497 e. The molecule has 0 heterocycles. The molecule has 2 N–H and O–H groups in total. The van der Waals surface area contributed by atoms with Crippen LogP contribution in [0.25, 0.3) is 0 Å². The van der Waals surface area contributed by atoms with Crippen molar-refractivity contribution in [2.24, 2.45) is 5.73 Å². The van der Waals surface area contributed by atoms with E-state index in [1.165, 1.54) is 6.07 Å². The molecule has 2 rings (SSSR count). The van der Waals surface area contributed by atoms with E-state index in [2.05, 4.69) is 0 Å². The van der Waals surface area contributed by atoms with Crippen molar-refractivity contribution in [1.82, 2.24) is 0 Å². The van der Waals surface area contributed by atoms with E-state index in [4.69, 9.17) is 26.8 Å². The normalized spacial score (nSPS) is 12.0. The van der Waals surface area contributed by atoms with Crippen molar-refractivity contribution >= 4 is 11.6 Å². The van der Waals surface area contributed by atoms with Gasteiger partial charge in [0.15, 0.2) is 0 Å². The van der Waals surface area contributed by atoms with E-state index < -0.39 is 5.82 Å². The molecule has 0 saturated heterocycles. The van der Waals surface area contributed by atoms with Crippen LogP contribution in [-0.2, 0) is 6.61 Å². The zero-order valence-electron chi connectivity index (χ0n) is 11.9. The van der Waals surface area contributed by atoms with Gasteiger partial charge in [-0.05, 0) is 25.1 Å². The molecule has 2 aromatic rings. The molecule has 0 radical (unpaired) electrons. The Bertz CT molecular complexity index is 611. The molecule has 5 heteroatoms. The second-order valence-electron chi connectivity index (χ2n) is 4.68. The number of hydrogen-bond donors (Lipinski definition) is 1. The first-order valence-electron chi connectivity index (χ1n) is 6.52. The number of methoxy groups -OCH3 is 1. The number of rotatable bonds is 5. The third-order valence-corrected chi connectivity index (χ3v) is 3.50. The highest BCUT2D eigenvalue weighted by Crippen LogP contribution is 2.30. The Hall–Kier alpha value is -1.78. The minimum atomic E-state index is -0.396. The Morgan fingerprint density at radius 3 is 2.67 bits per heavy atom. The summed E-state index contributed by atoms with van der Waals surface area (Å²) in [7, 11) is 1.57. The van der Waals surface area contributed by atoms with Crippen LogP contribution in [0.5, 0.6) is 11.5 Å². The first-order valence-corrected chi connectivity index (χ1v) is 6.90. The first-order chi connectivity index (χ1) is 10.0. The Morgan fingerprint density at radius 2 is 2.05 bits per heavy atom. The van der Waals surface area contributed by atoms with Crippen molar-refractivity contribution in [2.45, 2.75) is 19.6 Å². The minimum Gasteiger partial charge on any atom is -0.497 e. The van der Waals surface area contributed by atoms with Gasteiger partial charge in [-0.15, -0.1) is 0 Å². The Morgan fingerprint density at radius 1 is 1.29 bits per heavy atom. The minimum absolute atomic E-state index is 0.0262. The third-order valence-electron chi connectivity index (χ3n) is 3.14. The molecule has 0 aliphatic carbocycles. The molecule has 0 saturated carbocycles. The first kappa shape index (κ1) is 15.6. The monoisotopic (exact) mass is 309 g/mol. The van der Waals surface area contributed by atoms with Gasteiger partial charge in [-0.25, -0.2) is 4.39 Å². The van der Waals surface area contributed by atoms with Crippen LogP contribution < -0.4 is 15.2 Å². The second kappa shape index (κ2) is 6.78. The van der Waals surface area contributed by atoms with Gasteiger partial charge in [0.2, 0.25) is 0 Å². The lowest BCUT2D eigenvalue weighted by molar-refractivity contribution is 0.293. The lowest BCUT2D eigenvalue weighted by Gasteiger charge is -2.16. The average molecular weight is 310 g/mol. The van der Waals surface area contributed by atoms with E-state index in [0.29, 0.717) is 22.1 Å². The summed E-state index contributed by atoms with van der Waals surface area (Å²) in [4.78, 5) is 0. The number of hydrogen-bond acceptors (Lipinski definition) is 3. The summed E-state index contributed by atoms with van der Waals surface area (Å²) in [5.74, 6) is 0.811. The summed E-state index contributed by atoms with van der Waals surface area (Å²) in [6.07, 6.45) is 0. The van der Waals surface area contributed by atoms with Gasteiger partial charge in [0.05, 0.1) is 12.1 Å². The SMILES string of the molecule is COc1ccc([C@H](C)N)c(OCc2c(F)cccc2Cl)c1. The number of nitrogens with two attached hydrogens (primary N) is 1. The van der Waals surface area contributed by atoms with Crippen LogP contribution in [-0.4, -0.2) is 7.11 Å². The smallest absolute Gasteiger partial charge is 0.131 e. The van der Waals surface area contributed by atoms with E-state index in [1.807, 2.05) is 19.1 Å². The molecule has 0 amide bonds. The molecule has 0 unspecified atom stereocenters. The van der Waals surface area contributed by atoms with Crippen LogP contribution in [0, 0.1) is 5.82 Å². The molecule has 0 aromatic heterocycles. The van der Waals surface area contributed by atoms with Crippen molar-refractivity contribution in [3.8, 4) is 11.5 Å². The van der Waals surface area contributed by atoms with E-state index in [9.17, 15) is 4.39 Å². The predicted molar refractivity (Wildman–Crippen MR) is 81.3 cm³/mol. The molecule has 0 spiro atoms. The summed E-state index contributed by atoms with van der Waals surface area (Å²) >= 11 is 5.99. The van der Waals surface area contributed by atoms with E-state index >= 15 is 0 Å². The highest BCUT2D eigenvalue weighted by Gasteiger charge is 2.12. The number of halogens is 2. The Balaban J connectivity index is 2.26. The molecule has 21 heavy (non-hydrogen) atoms. The molecule has 3 nitrogen and oxygen atoms in total. The van der Waals surface area contributed by atoms with E-state index in [0.717, 1.165) is 5.56 Å². The zero-order chi connectivity index (χ0) is 15.4. The molecule has 0 bridgehead atoms. The van der Waals surface area contributed by atoms with Crippen LogP contribution in [0.4, 0.5) is 4.39 Å². The predicted octanol–water partition coefficient (Wildman–Crippen LogP) is 4.09. The molecule has 0 fully saturated rings. The zero-order valence-corrected chi connectivity index (χ0v) is 12.7. The van der Waals surface area contributed by atoms with Gasteiger partial charge in [0.25, 0.3) is 0 Å². The van der Waals surface area contributed by atoms with Crippen molar-refractivity contribution in [2.75, 3.05) is 7.11 Å². The molecule has 0 aliphatic rings. The fourth-order valence-corrected chi connectivity index (χ4v) is 2.18. The fourth-order valence-electron chi connectivity index (χ4n) is 1.96. The summed E-state index contributed by atoms with van der Waals surface area (Å²) in [5, 5.41) is 0.334. The van der Waals surface area contributed by atoms with E-state index in [1.54, 1.807) is 25.3 Å². The van der Waals surface area contributed by atoms with Gasteiger partial charge in [-0.3, -0.25) is 0 Å². The summed E-state index contributed by atoms with van der Waals surface area (Å²) < 4.78 is 24.6. The third kappa shape index (κ3) is 3.65. The molecular weight excluding hydrogens is 293 g/mol. The molecular formula is C16H17ClFNO2. The maximum absolute atomic E-state index is 13.7. The average Bonchev–Trinajstić information content (AvgIpc) is 2.46. The lowest BCUT2D eigenvalue weighted by Crippen LogP contribution is -2.09. The van der Waals surface area contributed by atoms with Crippen molar-refractivity contribution < 1.29 is 13.9 Å². The highest BCUT2D eigenvalue weighted by molar-refractivity contribution is 6.31. The van der Waals surface area contributed by atoms with Gasteiger partial charge >= 0.3 is 0 Å². The highest BCUT2D eigenvalue weighted by atomic mass is 35.5. The summed E-state index contributed by atoms with van der Waals surface area (Å²) in [5.41, 5.74) is 7.05. The second-order valence-corrected chi connectivity index (χ2v) is 5.09. The molecule has 2 aromatic carbocycles. The van der Waals surface area contributed by atoms with Crippen molar-refractivity contribution in [1.29, 1.82) is 0 Å². The van der Waals surface area contributed by atoms with E-state index in [-0.39, 0.29) is 12.6 Å². The summed E-state index contributed by atoms with van der Waals surface area (Å²) in [6.45, 7) is 1.88. The van der Waals surface area contributed by atoms with Gasteiger partial charge in [0.1, 0.15) is 23.9 Å². The molecule has 1 atom stereocenters. The maximum atomic E-state index is 13.7. The van der Waals surface area contributed by atoms with Gasteiger partial charge in [-0.2, -0.15) is 0 Å². The quantitative estimate of drug-likeness (QED) is 0.905.